The van der Waals surface area contributed by atoms with Crippen LogP contribution in [0.4, 0.5) is 5.95 Å². The fourth-order valence-corrected chi connectivity index (χ4v) is 2.29. The molecule has 0 saturated heterocycles. The van der Waals surface area contributed by atoms with Gasteiger partial charge in [-0.05, 0) is 18.2 Å². The molecule has 9 heteroatoms. The van der Waals surface area contributed by atoms with Crippen LogP contribution in [0.3, 0.4) is 0 Å². The number of ether oxygens (including phenoxy) is 1. The number of thioether (sulfide) groups is 1. The molecule has 1 heterocycles. The van der Waals surface area contributed by atoms with Gasteiger partial charge in [-0.2, -0.15) is 0 Å². The van der Waals surface area contributed by atoms with Crippen molar-refractivity contribution >= 4 is 23.6 Å². The number of hydrogen-bond acceptors (Lipinski definition) is 7. The number of nitrogens with one attached hydrogen (secondary N) is 1. The monoisotopic (exact) mass is 308 g/mol. The number of carbonyl (C=O) groups is 1. The third-order valence-corrected chi connectivity index (χ3v) is 3.66. The number of aromatic nitrogens is 3. The number of nitrogens with two attached hydrogens (primary N) is 2. The highest BCUT2D eigenvalue weighted by molar-refractivity contribution is 7.99. The van der Waals surface area contributed by atoms with Crippen LogP contribution in [0.15, 0.2) is 29.4 Å². The Morgan fingerprint density at radius 1 is 1.48 bits per heavy atom. The van der Waals surface area contributed by atoms with E-state index >= 15 is 0 Å². The summed E-state index contributed by atoms with van der Waals surface area (Å²) in [5, 5.41) is 8.43. The summed E-state index contributed by atoms with van der Waals surface area (Å²) in [5.41, 5.74) is 8.12. The molecule has 0 bridgehead atoms. The van der Waals surface area contributed by atoms with Gasteiger partial charge in [-0.3, -0.25) is 14.8 Å². The van der Waals surface area contributed by atoms with Crippen LogP contribution in [0, 0.1) is 0 Å². The van der Waals surface area contributed by atoms with Crippen LogP contribution in [-0.2, 0) is 7.05 Å². The Labute approximate surface area is 125 Å². The maximum absolute atomic E-state index is 11.4. The highest BCUT2D eigenvalue weighted by Gasteiger charge is 2.07. The Morgan fingerprint density at radius 2 is 2.29 bits per heavy atom. The zero-order valence-electron chi connectivity index (χ0n) is 11.4. The molecule has 1 aromatic heterocycles. The highest BCUT2D eigenvalue weighted by atomic mass is 32.2. The number of carbonyl (C=O) groups excluding carboxylic acids is 1. The van der Waals surface area contributed by atoms with E-state index in [1.165, 1.54) is 11.8 Å². The molecule has 112 valence electrons. The van der Waals surface area contributed by atoms with Crippen LogP contribution in [-0.4, -0.2) is 33.0 Å². The first-order chi connectivity index (χ1) is 10.1. The average Bonchev–Trinajstić information content (AvgIpc) is 2.83. The second-order valence-electron chi connectivity index (χ2n) is 4.10. The summed E-state index contributed by atoms with van der Waals surface area (Å²) in [4.78, 5) is 11.4. The molecule has 0 aliphatic heterocycles. The van der Waals surface area contributed by atoms with Crippen molar-refractivity contribution < 1.29 is 9.53 Å². The maximum atomic E-state index is 11.4. The van der Waals surface area contributed by atoms with Crippen molar-refractivity contribution in [1.82, 2.24) is 20.2 Å². The lowest BCUT2D eigenvalue weighted by Crippen LogP contribution is -2.29. The minimum atomic E-state index is -0.357. The molecular weight excluding hydrogens is 292 g/mol. The molecule has 21 heavy (non-hydrogen) atoms. The van der Waals surface area contributed by atoms with E-state index in [0.717, 1.165) is 5.16 Å². The van der Waals surface area contributed by atoms with Gasteiger partial charge in [0, 0.05) is 18.4 Å². The molecule has 0 unspecified atom stereocenters. The number of amides is 1. The number of anilines is 1. The summed E-state index contributed by atoms with van der Waals surface area (Å²) in [7, 11) is 1.80. The van der Waals surface area contributed by atoms with E-state index in [1.54, 1.807) is 35.9 Å². The Hall–Kier alpha value is -2.26. The molecule has 1 aromatic carbocycles. The first kappa shape index (κ1) is 15.1. The van der Waals surface area contributed by atoms with Crippen LogP contribution in [0.25, 0.3) is 0 Å². The van der Waals surface area contributed by atoms with Crippen LogP contribution >= 0.6 is 11.8 Å². The Morgan fingerprint density at radius 3 is 2.95 bits per heavy atom. The third-order valence-electron chi connectivity index (χ3n) is 2.68. The fourth-order valence-electron chi connectivity index (χ4n) is 1.55. The molecule has 0 atom stereocenters. The number of rotatable bonds is 6. The smallest absolute Gasteiger partial charge is 0.265 e. The largest absolute Gasteiger partial charge is 0.493 e. The molecule has 0 aliphatic rings. The van der Waals surface area contributed by atoms with Crippen molar-refractivity contribution in [1.29, 1.82) is 0 Å². The normalized spacial score (nSPS) is 10.4. The van der Waals surface area contributed by atoms with E-state index in [1.807, 2.05) is 0 Å². The molecule has 5 N–H and O–H groups in total. The number of nitrogens with zero attached hydrogens (tertiary/aromatic N) is 3. The van der Waals surface area contributed by atoms with Gasteiger partial charge >= 0.3 is 0 Å². The lowest BCUT2D eigenvalue weighted by atomic mass is 10.2. The predicted octanol–water partition coefficient (Wildman–Crippen LogP) is 0.172. The van der Waals surface area contributed by atoms with Crippen molar-refractivity contribution in [2.75, 3.05) is 18.1 Å². The van der Waals surface area contributed by atoms with Crippen molar-refractivity contribution in [2.45, 2.75) is 5.16 Å². The lowest BCUT2D eigenvalue weighted by Gasteiger charge is -2.07. The minimum absolute atomic E-state index is 0.357. The zero-order chi connectivity index (χ0) is 15.2. The van der Waals surface area contributed by atoms with Gasteiger partial charge in [0.15, 0.2) is 5.16 Å². The van der Waals surface area contributed by atoms with Gasteiger partial charge in [-0.15, -0.1) is 10.2 Å². The van der Waals surface area contributed by atoms with Crippen LogP contribution in [0.5, 0.6) is 5.75 Å². The topological polar surface area (TPSA) is 121 Å². The van der Waals surface area contributed by atoms with Gasteiger partial charge in [-0.25, -0.2) is 5.84 Å². The number of benzene rings is 1. The van der Waals surface area contributed by atoms with E-state index in [4.69, 9.17) is 16.3 Å². The van der Waals surface area contributed by atoms with E-state index in [-0.39, 0.29) is 5.91 Å². The number of hydrogen-bond donors (Lipinski definition) is 3. The second-order valence-corrected chi connectivity index (χ2v) is 5.16. The Bertz CT molecular complexity index is 630. The summed E-state index contributed by atoms with van der Waals surface area (Å²) >= 11 is 1.49. The third kappa shape index (κ3) is 3.86. The summed E-state index contributed by atoms with van der Waals surface area (Å²) < 4.78 is 7.28. The minimum Gasteiger partial charge on any atom is -0.493 e. The van der Waals surface area contributed by atoms with Gasteiger partial charge in [0.1, 0.15) is 5.75 Å². The van der Waals surface area contributed by atoms with Gasteiger partial charge in [-0.1, -0.05) is 17.8 Å². The van der Waals surface area contributed by atoms with Gasteiger partial charge in [0.2, 0.25) is 5.95 Å². The SMILES string of the molecule is Cn1c(N)nnc1SCCOc1cccc(C(=O)NN)c1. The molecule has 0 radical (unpaired) electrons. The van der Waals surface area contributed by atoms with Crippen molar-refractivity contribution in [2.24, 2.45) is 12.9 Å². The first-order valence-electron chi connectivity index (χ1n) is 6.13. The number of hydrazine groups is 1. The van der Waals surface area contributed by atoms with Crippen LogP contribution in [0.1, 0.15) is 10.4 Å². The molecule has 8 nitrogen and oxygen atoms in total. The van der Waals surface area contributed by atoms with Gasteiger partial charge < -0.3 is 10.5 Å². The van der Waals surface area contributed by atoms with E-state index in [9.17, 15) is 4.79 Å². The standard InChI is InChI=1S/C12H16N6O2S/c1-18-11(13)16-17-12(18)21-6-5-20-9-4-2-3-8(7-9)10(19)15-14/h2-4,7H,5-6,14H2,1H3,(H2,13,16)(H,15,19). The molecule has 0 spiro atoms. The van der Waals surface area contributed by atoms with Gasteiger partial charge in [0.25, 0.3) is 5.91 Å². The second kappa shape index (κ2) is 6.95. The highest BCUT2D eigenvalue weighted by Crippen LogP contribution is 2.17. The van der Waals surface area contributed by atoms with E-state index in [0.29, 0.717) is 29.6 Å². The zero-order valence-corrected chi connectivity index (χ0v) is 12.3. The average molecular weight is 308 g/mol. The molecule has 0 saturated carbocycles. The summed E-state index contributed by atoms with van der Waals surface area (Å²) in [6, 6.07) is 6.80. The number of nitrogen functional groups attached to an aromatic ring is 2. The van der Waals surface area contributed by atoms with Crippen LogP contribution in [0.2, 0.25) is 0 Å². The molecule has 1 amide bonds. The van der Waals surface area contributed by atoms with Gasteiger partial charge in [0.05, 0.1) is 6.61 Å². The van der Waals surface area contributed by atoms with E-state index in [2.05, 4.69) is 15.6 Å². The quantitative estimate of drug-likeness (QED) is 0.229. The fraction of sp³-hybridized carbons (Fsp3) is 0.250. The predicted molar refractivity (Wildman–Crippen MR) is 79.7 cm³/mol. The summed E-state index contributed by atoms with van der Waals surface area (Å²) in [5.74, 6) is 6.39. The first-order valence-corrected chi connectivity index (χ1v) is 7.12. The van der Waals surface area contributed by atoms with Crippen molar-refractivity contribution in [3.8, 4) is 5.75 Å². The molecule has 2 rings (SSSR count). The molecule has 2 aromatic rings. The molecule has 0 fully saturated rings. The van der Waals surface area contributed by atoms with Crippen molar-refractivity contribution in [3.05, 3.63) is 29.8 Å². The van der Waals surface area contributed by atoms with Crippen LogP contribution < -0.4 is 21.7 Å². The van der Waals surface area contributed by atoms with Crippen molar-refractivity contribution in [3.63, 3.8) is 0 Å². The van der Waals surface area contributed by atoms with E-state index < -0.39 is 0 Å². The molecule has 0 aliphatic carbocycles. The Balaban J connectivity index is 1.83. The lowest BCUT2D eigenvalue weighted by molar-refractivity contribution is 0.0953. The maximum Gasteiger partial charge on any atom is 0.265 e. The summed E-state index contributed by atoms with van der Waals surface area (Å²) in [6.07, 6.45) is 0. The molecular formula is C12H16N6O2S. The Kier molecular flexibility index (Phi) is 5.01. The summed E-state index contributed by atoms with van der Waals surface area (Å²) in [6.45, 7) is 0.463.